The van der Waals surface area contributed by atoms with Crippen LogP contribution >= 0.6 is 0 Å². The number of nitrogens with zero attached hydrogens (tertiary/aromatic N) is 1. The molecule has 25 heavy (non-hydrogen) atoms. The summed E-state index contributed by atoms with van der Waals surface area (Å²) in [5.74, 6) is 0.280. The highest BCUT2D eigenvalue weighted by Crippen LogP contribution is 2.33. The van der Waals surface area contributed by atoms with Crippen molar-refractivity contribution in [2.24, 2.45) is 0 Å². The third-order valence-corrected chi connectivity index (χ3v) is 3.94. The lowest BCUT2D eigenvalue weighted by Crippen LogP contribution is -2.25. The van der Waals surface area contributed by atoms with Crippen molar-refractivity contribution in [3.05, 3.63) is 60.0 Å². The molecule has 0 atom stereocenters. The number of aryl methyl sites for hydroxylation is 1. The first-order valence-electron chi connectivity index (χ1n) is 8.07. The number of carbonyl (C=O) groups is 1. The molecule has 1 aromatic heterocycles. The fraction of sp³-hybridized carbons (Fsp3) is 0.200. The monoisotopic (exact) mass is 338 g/mol. The van der Waals surface area contributed by atoms with Gasteiger partial charge >= 0.3 is 0 Å². The fourth-order valence-electron chi connectivity index (χ4n) is 2.66. The molecule has 5 heteroatoms. The predicted octanol–water partition coefficient (Wildman–Crippen LogP) is 3.86. The summed E-state index contributed by atoms with van der Waals surface area (Å²) in [6.07, 6.45) is 1.75. The minimum Gasteiger partial charge on any atom is -0.489 e. The molecule has 0 aliphatic rings. The Hall–Kier alpha value is -2.95. The molecule has 0 bridgehead atoms. The van der Waals surface area contributed by atoms with E-state index >= 15 is 0 Å². The molecular weight excluding hydrogens is 319 g/mol. The summed E-state index contributed by atoms with van der Waals surface area (Å²) in [5, 5.41) is 3.69. The number of ether oxygens (including phenoxy) is 1. The highest BCUT2D eigenvalue weighted by atomic mass is 19.1. The van der Waals surface area contributed by atoms with Gasteiger partial charge in [0.2, 0.25) is 5.91 Å². The zero-order valence-corrected chi connectivity index (χ0v) is 14.2. The minimum absolute atomic E-state index is 0.0949. The number of aromatic nitrogens is 1. The summed E-state index contributed by atoms with van der Waals surface area (Å²) >= 11 is 0. The van der Waals surface area contributed by atoms with E-state index in [2.05, 4.69) is 10.3 Å². The van der Waals surface area contributed by atoms with E-state index in [1.807, 2.05) is 25.1 Å². The quantitative estimate of drug-likeness (QED) is 0.719. The third kappa shape index (κ3) is 3.94. The number of benzene rings is 2. The number of pyridine rings is 1. The normalized spacial score (nSPS) is 10.7. The predicted molar refractivity (Wildman–Crippen MR) is 96.1 cm³/mol. The van der Waals surface area contributed by atoms with E-state index in [9.17, 15) is 9.18 Å². The van der Waals surface area contributed by atoms with E-state index in [-0.39, 0.29) is 11.7 Å². The Bertz CT molecular complexity index is 907. The van der Waals surface area contributed by atoms with Gasteiger partial charge in [0, 0.05) is 18.5 Å². The minimum atomic E-state index is -0.269. The molecule has 3 aromatic rings. The Kier molecular flexibility index (Phi) is 4.93. The highest BCUT2D eigenvalue weighted by Gasteiger charge is 2.10. The van der Waals surface area contributed by atoms with Crippen molar-refractivity contribution in [1.82, 2.24) is 10.3 Å². The number of nitrogens with one attached hydrogen (secondary N) is 1. The second-order valence-corrected chi connectivity index (χ2v) is 5.84. The second kappa shape index (κ2) is 7.30. The first kappa shape index (κ1) is 16.9. The molecule has 0 radical (unpaired) electrons. The molecule has 1 N–H and O–H groups in total. The average Bonchev–Trinajstić information content (AvgIpc) is 2.59. The van der Waals surface area contributed by atoms with Crippen LogP contribution in [0.5, 0.6) is 5.75 Å². The summed E-state index contributed by atoms with van der Waals surface area (Å²) in [7, 11) is 0. The number of hydrogen-bond donors (Lipinski definition) is 1. The lowest BCUT2D eigenvalue weighted by molar-refractivity contribution is -0.119. The topological polar surface area (TPSA) is 51.2 Å². The van der Waals surface area contributed by atoms with Crippen molar-refractivity contribution in [3.63, 3.8) is 0 Å². The Balaban J connectivity index is 1.99. The van der Waals surface area contributed by atoms with Gasteiger partial charge in [-0.2, -0.15) is 0 Å². The van der Waals surface area contributed by atoms with Crippen LogP contribution < -0.4 is 10.1 Å². The average molecular weight is 338 g/mol. The summed E-state index contributed by atoms with van der Waals surface area (Å²) < 4.78 is 19.1. The van der Waals surface area contributed by atoms with E-state index in [1.54, 1.807) is 18.3 Å². The Morgan fingerprint density at radius 2 is 1.92 bits per heavy atom. The SMILES string of the molecule is CC(=O)NCCOc1cc(-c2ccc(F)cc2)cc2c(C)ccnc12. The molecule has 0 aliphatic carbocycles. The molecule has 2 aromatic carbocycles. The number of carbonyl (C=O) groups excluding carboxylic acids is 1. The number of amides is 1. The van der Waals surface area contributed by atoms with E-state index < -0.39 is 0 Å². The Morgan fingerprint density at radius 1 is 1.16 bits per heavy atom. The van der Waals surface area contributed by atoms with Crippen molar-refractivity contribution in [3.8, 4) is 16.9 Å². The van der Waals surface area contributed by atoms with Gasteiger partial charge < -0.3 is 10.1 Å². The zero-order valence-electron chi connectivity index (χ0n) is 14.2. The molecule has 128 valence electrons. The fourth-order valence-corrected chi connectivity index (χ4v) is 2.66. The van der Waals surface area contributed by atoms with Gasteiger partial charge in [0.25, 0.3) is 0 Å². The van der Waals surface area contributed by atoms with E-state index in [0.29, 0.717) is 18.9 Å². The molecule has 1 heterocycles. The van der Waals surface area contributed by atoms with Crippen molar-refractivity contribution in [2.75, 3.05) is 13.2 Å². The largest absolute Gasteiger partial charge is 0.489 e. The smallest absolute Gasteiger partial charge is 0.216 e. The molecular formula is C20H19FN2O2. The summed E-state index contributed by atoms with van der Waals surface area (Å²) in [6, 6.07) is 12.2. The molecule has 0 unspecified atom stereocenters. The van der Waals surface area contributed by atoms with Gasteiger partial charge in [-0.05, 0) is 53.9 Å². The maximum absolute atomic E-state index is 13.2. The molecule has 1 amide bonds. The Labute approximate surface area is 145 Å². The van der Waals surface area contributed by atoms with Crippen molar-refractivity contribution < 1.29 is 13.9 Å². The first-order valence-corrected chi connectivity index (χ1v) is 8.07. The molecule has 0 saturated carbocycles. The Morgan fingerprint density at radius 3 is 2.64 bits per heavy atom. The molecule has 4 nitrogen and oxygen atoms in total. The van der Waals surface area contributed by atoms with E-state index in [0.717, 1.165) is 27.6 Å². The molecule has 0 aliphatic heterocycles. The van der Waals surface area contributed by atoms with Crippen molar-refractivity contribution in [1.29, 1.82) is 0 Å². The highest BCUT2D eigenvalue weighted by molar-refractivity contribution is 5.91. The van der Waals surface area contributed by atoms with Crippen LogP contribution in [0.1, 0.15) is 12.5 Å². The zero-order chi connectivity index (χ0) is 17.8. The maximum atomic E-state index is 13.2. The summed E-state index contributed by atoms with van der Waals surface area (Å²) in [5.41, 5.74) is 3.69. The van der Waals surface area contributed by atoms with E-state index in [1.165, 1.54) is 19.1 Å². The molecule has 0 saturated heterocycles. The van der Waals surface area contributed by atoms with Crippen molar-refractivity contribution >= 4 is 16.8 Å². The van der Waals surface area contributed by atoms with Crippen molar-refractivity contribution in [2.45, 2.75) is 13.8 Å². The van der Waals surface area contributed by atoms with Crippen LogP contribution in [0, 0.1) is 12.7 Å². The lowest BCUT2D eigenvalue weighted by atomic mass is 10.0. The first-order chi connectivity index (χ1) is 12.0. The number of halogens is 1. The van der Waals surface area contributed by atoms with Gasteiger partial charge in [-0.3, -0.25) is 9.78 Å². The van der Waals surface area contributed by atoms with Crippen LogP contribution in [0.2, 0.25) is 0 Å². The van der Waals surface area contributed by atoms with Gasteiger partial charge in [-0.15, -0.1) is 0 Å². The van der Waals surface area contributed by atoms with Crippen LogP contribution in [-0.4, -0.2) is 24.0 Å². The number of rotatable bonds is 5. The second-order valence-electron chi connectivity index (χ2n) is 5.84. The van der Waals surface area contributed by atoms with Crippen LogP contribution in [0.15, 0.2) is 48.7 Å². The number of hydrogen-bond acceptors (Lipinski definition) is 3. The molecule has 0 fully saturated rings. The van der Waals surface area contributed by atoms with Gasteiger partial charge in [0.1, 0.15) is 23.7 Å². The van der Waals surface area contributed by atoms with Gasteiger partial charge in [0.15, 0.2) is 0 Å². The van der Waals surface area contributed by atoms with Gasteiger partial charge in [-0.25, -0.2) is 4.39 Å². The molecule has 0 spiro atoms. The van der Waals surface area contributed by atoms with Gasteiger partial charge in [-0.1, -0.05) is 12.1 Å². The standard InChI is InChI=1S/C20H19FN2O2/c1-13-7-8-23-20-18(13)11-16(15-3-5-17(21)6-4-15)12-19(20)25-10-9-22-14(2)24/h3-8,11-12H,9-10H2,1-2H3,(H,22,24). The van der Waals surface area contributed by atoms with Gasteiger partial charge in [0.05, 0.1) is 6.54 Å². The lowest BCUT2D eigenvalue weighted by Gasteiger charge is -2.13. The summed E-state index contributed by atoms with van der Waals surface area (Å²) in [4.78, 5) is 15.4. The van der Waals surface area contributed by atoms with Crippen LogP contribution in [0.4, 0.5) is 4.39 Å². The number of fused-ring (bicyclic) bond motifs is 1. The molecule has 3 rings (SSSR count). The third-order valence-electron chi connectivity index (χ3n) is 3.94. The van der Waals surface area contributed by atoms with E-state index in [4.69, 9.17) is 4.74 Å². The van der Waals surface area contributed by atoms with Crippen LogP contribution in [0.25, 0.3) is 22.0 Å². The maximum Gasteiger partial charge on any atom is 0.216 e. The van der Waals surface area contributed by atoms with Crippen LogP contribution in [0.3, 0.4) is 0 Å². The summed E-state index contributed by atoms with van der Waals surface area (Å²) in [6.45, 7) is 4.25. The van der Waals surface area contributed by atoms with Crippen LogP contribution in [-0.2, 0) is 4.79 Å².